The van der Waals surface area contributed by atoms with E-state index in [4.69, 9.17) is 4.98 Å². The van der Waals surface area contributed by atoms with Crippen LogP contribution >= 0.6 is 0 Å². The summed E-state index contributed by atoms with van der Waals surface area (Å²) in [6.45, 7) is 2.78. The smallest absolute Gasteiger partial charge is 0.269 e. The molecular formula is C35H37N7O. The minimum absolute atomic E-state index is 0.00600. The van der Waals surface area contributed by atoms with Gasteiger partial charge in [0.15, 0.2) is 0 Å². The van der Waals surface area contributed by atoms with Crippen LogP contribution in [0, 0.1) is 5.41 Å². The Hall–Kier alpha value is -4.59. The predicted octanol–water partition coefficient (Wildman–Crippen LogP) is 6.85. The summed E-state index contributed by atoms with van der Waals surface area (Å²) >= 11 is 0. The number of hydrogen-bond acceptors (Lipinski definition) is 5. The number of unbranched alkanes of at least 4 members (excludes halogenated alkanes) is 1. The number of H-pyrrole nitrogens is 1. The number of aromatic nitrogens is 6. The lowest BCUT2D eigenvalue weighted by atomic mass is 9.54. The fraction of sp³-hybridized carbons (Fsp3) is 0.343. The highest BCUT2D eigenvalue weighted by Crippen LogP contribution is 2.55. The van der Waals surface area contributed by atoms with E-state index in [0.717, 1.165) is 71.3 Å². The Labute approximate surface area is 252 Å². The maximum Gasteiger partial charge on any atom is 0.269 e. The number of tetrazole rings is 1. The monoisotopic (exact) mass is 571 g/mol. The molecule has 8 heteroatoms. The summed E-state index contributed by atoms with van der Waals surface area (Å²) in [7, 11) is 0. The van der Waals surface area contributed by atoms with E-state index in [0.29, 0.717) is 23.5 Å². The molecule has 1 spiro atoms. The van der Waals surface area contributed by atoms with Crippen LogP contribution in [0.1, 0.15) is 73.7 Å². The van der Waals surface area contributed by atoms with Crippen molar-refractivity contribution in [3.05, 3.63) is 96.1 Å². The molecule has 2 fully saturated rings. The Bertz CT molecular complexity index is 1700. The van der Waals surface area contributed by atoms with E-state index in [1.165, 1.54) is 19.3 Å². The highest BCUT2D eigenvalue weighted by Gasteiger charge is 2.48. The third-order valence-electron chi connectivity index (χ3n) is 9.35. The van der Waals surface area contributed by atoms with Crippen molar-refractivity contribution < 1.29 is 4.79 Å². The number of nitrogens with one attached hydrogen (secondary N) is 2. The quantitative estimate of drug-likeness (QED) is 0.191. The summed E-state index contributed by atoms with van der Waals surface area (Å²) in [6.07, 6.45) is 11.0. The summed E-state index contributed by atoms with van der Waals surface area (Å²) in [5.41, 5.74) is 7.57. The molecule has 0 unspecified atom stereocenters. The van der Waals surface area contributed by atoms with Crippen molar-refractivity contribution in [1.82, 2.24) is 35.5 Å². The van der Waals surface area contributed by atoms with Crippen LogP contribution in [-0.2, 0) is 13.0 Å². The highest BCUT2D eigenvalue weighted by atomic mass is 16.2. The molecule has 7 rings (SSSR count). The topological polar surface area (TPSA) is 101 Å². The van der Waals surface area contributed by atoms with Crippen molar-refractivity contribution in [2.24, 2.45) is 5.41 Å². The lowest BCUT2D eigenvalue weighted by Gasteiger charge is -2.54. The van der Waals surface area contributed by atoms with Crippen LogP contribution in [0.5, 0.6) is 0 Å². The minimum Gasteiger partial charge on any atom is -0.348 e. The van der Waals surface area contributed by atoms with Crippen molar-refractivity contribution in [2.45, 2.75) is 70.9 Å². The van der Waals surface area contributed by atoms with Gasteiger partial charge in [-0.15, -0.1) is 10.2 Å². The van der Waals surface area contributed by atoms with E-state index in [1.54, 1.807) is 6.20 Å². The second-order valence-electron chi connectivity index (χ2n) is 12.2. The normalized spacial score (nSPS) is 15.7. The lowest BCUT2D eigenvalue weighted by molar-refractivity contribution is -0.000757. The van der Waals surface area contributed by atoms with E-state index in [9.17, 15) is 4.79 Å². The van der Waals surface area contributed by atoms with E-state index in [2.05, 4.69) is 92.0 Å². The summed E-state index contributed by atoms with van der Waals surface area (Å²) in [6, 6.07) is 25.5. The maximum absolute atomic E-state index is 13.4. The SMILES string of the molecule is CCCCc1ncc(C(=O)NC2CC3(CCC3)C2)n1Cc1ccc(-c2cc(-c3ccccc3)ccc2-c2nn[nH]n2)cc1. The first kappa shape index (κ1) is 27.3. The Morgan fingerprint density at radius 2 is 1.77 bits per heavy atom. The molecule has 218 valence electrons. The van der Waals surface area contributed by atoms with Crippen LogP contribution in [0.15, 0.2) is 79.0 Å². The van der Waals surface area contributed by atoms with Gasteiger partial charge in [-0.1, -0.05) is 80.4 Å². The average Bonchev–Trinajstić information content (AvgIpc) is 3.68. The zero-order valence-corrected chi connectivity index (χ0v) is 24.6. The molecule has 1 amide bonds. The predicted molar refractivity (Wildman–Crippen MR) is 167 cm³/mol. The van der Waals surface area contributed by atoms with Gasteiger partial charge in [0, 0.05) is 24.6 Å². The third kappa shape index (κ3) is 5.49. The average molecular weight is 572 g/mol. The molecule has 2 aliphatic rings. The van der Waals surface area contributed by atoms with Gasteiger partial charge < -0.3 is 9.88 Å². The van der Waals surface area contributed by atoms with Crippen LogP contribution < -0.4 is 5.32 Å². The van der Waals surface area contributed by atoms with Crippen LogP contribution in [-0.4, -0.2) is 42.1 Å². The van der Waals surface area contributed by atoms with Gasteiger partial charge in [0.05, 0.1) is 6.20 Å². The van der Waals surface area contributed by atoms with Crippen molar-refractivity contribution in [3.63, 3.8) is 0 Å². The van der Waals surface area contributed by atoms with Gasteiger partial charge in [0.1, 0.15) is 11.5 Å². The Balaban J connectivity index is 1.15. The summed E-state index contributed by atoms with van der Waals surface area (Å²) in [4.78, 5) is 18.1. The molecule has 3 aromatic carbocycles. The highest BCUT2D eigenvalue weighted by molar-refractivity contribution is 5.93. The number of aromatic amines is 1. The molecule has 2 aromatic heterocycles. The Kier molecular flexibility index (Phi) is 7.35. The zero-order valence-electron chi connectivity index (χ0n) is 24.6. The fourth-order valence-corrected chi connectivity index (χ4v) is 6.77. The number of imidazole rings is 1. The number of hydrogen-bond donors (Lipinski definition) is 2. The van der Waals surface area contributed by atoms with Crippen molar-refractivity contribution in [3.8, 4) is 33.6 Å². The molecule has 43 heavy (non-hydrogen) atoms. The van der Waals surface area contributed by atoms with Gasteiger partial charge in [0.2, 0.25) is 5.82 Å². The molecular weight excluding hydrogens is 534 g/mol. The van der Waals surface area contributed by atoms with E-state index < -0.39 is 0 Å². The van der Waals surface area contributed by atoms with Crippen LogP contribution in [0.4, 0.5) is 0 Å². The molecule has 0 saturated heterocycles. The minimum atomic E-state index is -0.00600. The number of aryl methyl sites for hydroxylation is 1. The van der Waals surface area contributed by atoms with E-state index >= 15 is 0 Å². The largest absolute Gasteiger partial charge is 0.348 e. The van der Waals surface area contributed by atoms with E-state index in [-0.39, 0.29) is 11.9 Å². The van der Waals surface area contributed by atoms with Crippen molar-refractivity contribution in [2.75, 3.05) is 0 Å². The molecule has 2 saturated carbocycles. The van der Waals surface area contributed by atoms with Crippen LogP contribution in [0.2, 0.25) is 0 Å². The molecule has 2 heterocycles. The first-order valence-corrected chi connectivity index (χ1v) is 15.5. The lowest BCUT2D eigenvalue weighted by Crippen LogP contribution is -2.53. The summed E-state index contributed by atoms with van der Waals surface area (Å²) < 4.78 is 2.11. The zero-order chi connectivity index (χ0) is 29.2. The number of amides is 1. The number of carbonyl (C=O) groups excluding carboxylic acids is 1. The molecule has 2 N–H and O–H groups in total. The van der Waals surface area contributed by atoms with Gasteiger partial charge in [-0.2, -0.15) is 5.21 Å². The summed E-state index contributed by atoms with van der Waals surface area (Å²) in [5.74, 6) is 1.52. The molecule has 0 radical (unpaired) electrons. The van der Waals surface area contributed by atoms with Crippen molar-refractivity contribution >= 4 is 5.91 Å². The first-order valence-electron chi connectivity index (χ1n) is 15.5. The van der Waals surface area contributed by atoms with Crippen LogP contribution in [0.25, 0.3) is 33.6 Å². The number of carbonyl (C=O) groups is 1. The summed E-state index contributed by atoms with van der Waals surface area (Å²) in [5, 5.41) is 18.2. The molecule has 0 aliphatic heterocycles. The standard InChI is InChI=1S/C35H37N7O/c1-2-3-10-32-36-22-31(34(43)37-28-20-35(21-28)17-7-18-35)42(32)23-24-11-13-26(14-12-24)30-19-27(25-8-5-4-6-9-25)15-16-29(30)33-38-40-41-39-33/h4-6,8-9,11-16,19,22,28H,2-3,7,10,17-18,20-21,23H2,1H3,(H,37,43)(H,38,39,40,41). The van der Waals surface area contributed by atoms with Gasteiger partial charge in [0.25, 0.3) is 5.91 Å². The number of benzene rings is 3. The molecule has 0 bridgehead atoms. The third-order valence-corrected chi connectivity index (χ3v) is 9.35. The van der Waals surface area contributed by atoms with Gasteiger partial charge in [-0.05, 0) is 82.7 Å². The number of nitrogens with zero attached hydrogens (tertiary/aromatic N) is 5. The Morgan fingerprint density at radius 1 is 0.977 bits per heavy atom. The number of rotatable bonds is 10. The second kappa shape index (κ2) is 11.6. The Morgan fingerprint density at radius 3 is 2.47 bits per heavy atom. The van der Waals surface area contributed by atoms with Gasteiger partial charge >= 0.3 is 0 Å². The van der Waals surface area contributed by atoms with E-state index in [1.807, 2.05) is 18.2 Å². The molecule has 0 atom stereocenters. The molecule has 8 nitrogen and oxygen atoms in total. The van der Waals surface area contributed by atoms with Gasteiger partial charge in [-0.25, -0.2) is 4.98 Å². The fourth-order valence-electron chi connectivity index (χ4n) is 6.77. The molecule has 2 aliphatic carbocycles. The first-order chi connectivity index (χ1) is 21.1. The van der Waals surface area contributed by atoms with Crippen LogP contribution in [0.3, 0.4) is 0 Å². The second-order valence-corrected chi connectivity index (χ2v) is 12.2. The maximum atomic E-state index is 13.4. The van der Waals surface area contributed by atoms with Crippen molar-refractivity contribution in [1.29, 1.82) is 0 Å². The molecule has 5 aromatic rings. The van der Waals surface area contributed by atoms with Gasteiger partial charge in [-0.3, -0.25) is 4.79 Å².